The van der Waals surface area contributed by atoms with E-state index in [0.717, 1.165) is 4.90 Å². The van der Waals surface area contributed by atoms with Gasteiger partial charge < -0.3 is 10.6 Å². The number of halogens is 1. The van der Waals surface area contributed by atoms with Gasteiger partial charge in [0.1, 0.15) is 11.6 Å². The molecule has 0 aliphatic rings. The molecule has 0 radical (unpaired) electrons. The normalized spacial score (nSPS) is 10.3. The molecule has 5 nitrogen and oxygen atoms in total. The van der Waals surface area contributed by atoms with E-state index in [1.54, 1.807) is 54.7 Å². The minimum absolute atomic E-state index is 0.0119. The summed E-state index contributed by atoms with van der Waals surface area (Å²) in [6.45, 7) is 0. The monoisotopic (exact) mass is 381 g/mol. The summed E-state index contributed by atoms with van der Waals surface area (Å²) in [5, 5.41) is 5.36. The molecule has 0 unspecified atom stereocenters. The number of nitrogens with zero attached hydrogens (tertiary/aromatic N) is 1. The van der Waals surface area contributed by atoms with Crippen LogP contribution >= 0.6 is 11.8 Å². The summed E-state index contributed by atoms with van der Waals surface area (Å²) < 4.78 is 13.6. The van der Waals surface area contributed by atoms with Gasteiger partial charge in [0.05, 0.1) is 11.3 Å². The van der Waals surface area contributed by atoms with Gasteiger partial charge in [0.15, 0.2) is 0 Å². The molecular formula is C20H16FN3O2S. The third kappa shape index (κ3) is 5.39. The number of aromatic nitrogens is 1. The highest BCUT2D eigenvalue weighted by Crippen LogP contribution is 2.21. The second-order valence-electron chi connectivity index (χ2n) is 5.51. The number of benzene rings is 2. The number of carbonyl (C=O) groups is 2. The first-order valence-corrected chi connectivity index (χ1v) is 9.10. The molecule has 0 atom stereocenters. The van der Waals surface area contributed by atoms with Crippen LogP contribution in [0.4, 0.5) is 15.9 Å². The molecule has 0 fully saturated rings. The van der Waals surface area contributed by atoms with Gasteiger partial charge >= 0.3 is 0 Å². The molecule has 0 bridgehead atoms. The average Bonchev–Trinajstić information content (AvgIpc) is 2.68. The maximum absolute atomic E-state index is 13.6. The molecular weight excluding hydrogens is 365 g/mol. The minimum Gasteiger partial charge on any atom is -0.322 e. The van der Waals surface area contributed by atoms with E-state index in [-0.39, 0.29) is 17.2 Å². The van der Waals surface area contributed by atoms with Gasteiger partial charge in [-0.15, -0.1) is 11.8 Å². The SMILES string of the molecule is O=C(CSc1ccc(NC(=O)c2ccccc2F)cc1)Nc1ccccn1. The summed E-state index contributed by atoms with van der Waals surface area (Å²) in [5.41, 5.74) is 0.535. The lowest BCUT2D eigenvalue weighted by Gasteiger charge is -2.07. The van der Waals surface area contributed by atoms with E-state index in [2.05, 4.69) is 15.6 Å². The number of rotatable bonds is 6. The predicted molar refractivity (Wildman–Crippen MR) is 104 cm³/mol. The van der Waals surface area contributed by atoms with Crippen LogP contribution in [0.1, 0.15) is 10.4 Å². The molecule has 3 aromatic rings. The van der Waals surface area contributed by atoms with Crippen molar-refractivity contribution in [1.82, 2.24) is 4.98 Å². The lowest BCUT2D eigenvalue weighted by Crippen LogP contribution is -2.14. The Balaban J connectivity index is 1.52. The Kier molecular flexibility index (Phi) is 6.17. The Hall–Kier alpha value is -3.19. The van der Waals surface area contributed by atoms with Gasteiger partial charge in [0.2, 0.25) is 5.91 Å². The van der Waals surface area contributed by atoms with E-state index < -0.39 is 11.7 Å². The molecule has 3 rings (SSSR count). The van der Waals surface area contributed by atoms with Crippen molar-refractivity contribution in [3.8, 4) is 0 Å². The van der Waals surface area contributed by atoms with Gasteiger partial charge in [-0.2, -0.15) is 0 Å². The lowest BCUT2D eigenvalue weighted by atomic mass is 10.2. The molecule has 1 aromatic heterocycles. The molecule has 27 heavy (non-hydrogen) atoms. The largest absolute Gasteiger partial charge is 0.322 e. The molecule has 2 N–H and O–H groups in total. The Morgan fingerprint density at radius 1 is 0.926 bits per heavy atom. The van der Waals surface area contributed by atoms with Gasteiger partial charge in [0.25, 0.3) is 5.91 Å². The number of amides is 2. The summed E-state index contributed by atoms with van der Waals surface area (Å²) in [6, 6.07) is 18.1. The number of pyridine rings is 1. The lowest BCUT2D eigenvalue weighted by molar-refractivity contribution is -0.113. The fourth-order valence-electron chi connectivity index (χ4n) is 2.24. The first-order valence-electron chi connectivity index (χ1n) is 8.11. The highest BCUT2D eigenvalue weighted by atomic mass is 32.2. The van der Waals surface area contributed by atoms with Crippen LogP contribution in [0.2, 0.25) is 0 Å². The standard InChI is InChI=1S/C20H16FN3O2S/c21-17-6-2-1-5-16(17)20(26)23-14-8-10-15(11-9-14)27-13-19(25)24-18-7-3-4-12-22-18/h1-12H,13H2,(H,23,26)(H,22,24,25). The van der Waals surface area contributed by atoms with Crippen molar-refractivity contribution in [3.63, 3.8) is 0 Å². The maximum atomic E-state index is 13.6. The molecule has 7 heteroatoms. The van der Waals surface area contributed by atoms with Gasteiger partial charge in [0, 0.05) is 16.8 Å². The van der Waals surface area contributed by atoms with Crippen LogP contribution in [0, 0.1) is 5.82 Å². The summed E-state index contributed by atoms with van der Waals surface area (Å²) in [6.07, 6.45) is 1.61. The zero-order chi connectivity index (χ0) is 19.1. The van der Waals surface area contributed by atoms with Crippen LogP contribution in [0.25, 0.3) is 0 Å². The molecule has 0 saturated heterocycles. The van der Waals surface area contributed by atoms with Crippen LogP contribution < -0.4 is 10.6 Å². The average molecular weight is 381 g/mol. The van der Waals surface area contributed by atoms with Crippen molar-refractivity contribution in [1.29, 1.82) is 0 Å². The van der Waals surface area contributed by atoms with Gasteiger partial charge in [-0.1, -0.05) is 18.2 Å². The van der Waals surface area contributed by atoms with E-state index in [9.17, 15) is 14.0 Å². The van der Waals surface area contributed by atoms with Crippen molar-refractivity contribution in [3.05, 3.63) is 84.3 Å². The topological polar surface area (TPSA) is 71.1 Å². The van der Waals surface area contributed by atoms with Crippen molar-refractivity contribution in [2.45, 2.75) is 4.90 Å². The zero-order valence-electron chi connectivity index (χ0n) is 14.2. The minimum atomic E-state index is -0.568. The van der Waals surface area contributed by atoms with E-state index >= 15 is 0 Å². The number of hydrogen-bond donors (Lipinski definition) is 2. The molecule has 0 aliphatic heterocycles. The summed E-state index contributed by atoms with van der Waals surface area (Å²) in [7, 11) is 0. The number of hydrogen-bond acceptors (Lipinski definition) is 4. The summed E-state index contributed by atoms with van der Waals surface area (Å²) in [4.78, 5) is 28.9. The first kappa shape index (κ1) is 18.6. The van der Waals surface area contributed by atoms with Crippen LogP contribution in [0.5, 0.6) is 0 Å². The van der Waals surface area contributed by atoms with Crippen molar-refractivity contribution in [2.75, 3.05) is 16.4 Å². The van der Waals surface area contributed by atoms with Crippen LogP contribution in [-0.2, 0) is 4.79 Å². The maximum Gasteiger partial charge on any atom is 0.258 e. The summed E-state index contributed by atoms with van der Waals surface area (Å²) in [5.74, 6) is -0.494. The van der Waals surface area contributed by atoms with E-state index in [4.69, 9.17) is 0 Å². The fourth-order valence-corrected chi connectivity index (χ4v) is 2.94. The molecule has 1 heterocycles. The number of anilines is 2. The smallest absolute Gasteiger partial charge is 0.258 e. The van der Waals surface area contributed by atoms with Crippen LogP contribution in [0.15, 0.2) is 77.8 Å². The third-order valence-corrected chi connectivity index (χ3v) is 4.55. The fraction of sp³-hybridized carbons (Fsp3) is 0.0500. The molecule has 0 spiro atoms. The number of nitrogens with one attached hydrogen (secondary N) is 2. The second-order valence-corrected chi connectivity index (χ2v) is 6.56. The quantitative estimate of drug-likeness (QED) is 0.628. The molecule has 0 saturated carbocycles. The van der Waals surface area contributed by atoms with E-state index in [1.165, 1.54) is 30.0 Å². The Bertz CT molecular complexity index is 933. The summed E-state index contributed by atoms with van der Waals surface area (Å²) >= 11 is 1.36. The Labute approximate surface area is 160 Å². The Morgan fingerprint density at radius 3 is 2.37 bits per heavy atom. The van der Waals surface area contributed by atoms with Crippen molar-refractivity contribution < 1.29 is 14.0 Å². The van der Waals surface area contributed by atoms with Crippen molar-refractivity contribution in [2.24, 2.45) is 0 Å². The van der Waals surface area contributed by atoms with E-state index in [0.29, 0.717) is 11.5 Å². The second kappa shape index (κ2) is 8.95. The molecule has 2 amide bonds. The highest BCUT2D eigenvalue weighted by molar-refractivity contribution is 8.00. The van der Waals surface area contributed by atoms with Crippen LogP contribution in [-0.4, -0.2) is 22.6 Å². The molecule has 136 valence electrons. The van der Waals surface area contributed by atoms with Gasteiger partial charge in [-0.3, -0.25) is 9.59 Å². The molecule has 2 aromatic carbocycles. The number of carbonyl (C=O) groups excluding carboxylic acids is 2. The van der Waals surface area contributed by atoms with Crippen LogP contribution in [0.3, 0.4) is 0 Å². The van der Waals surface area contributed by atoms with Crippen molar-refractivity contribution >= 4 is 35.1 Å². The van der Waals surface area contributed by atoms with Gasteiger partial charge in [-0.25, -0.2) is 9.37 Å². The zero-order valence-corrected chi connectivity index (χ0v) is 15.0. The Morgan fingerprint density at radius 2 is 1.67 bits per heavy atom. The third-order valence-electron chi connectivity index (χ3n) is 3.53. The van der Waals surface area contributed by atoms with Gasteiger partial charge in [-0.05, 0) is 48.5 Å². The first-order chi connectivity index (χ1) is 13.1. The molecule has 0 aliphatic carbocycles. The predicted octanol–water partition coefficient (Wildman–Crippen LogP) is 4.20. The highest BCUT2D eigenvalue weighted by Gasteiger charge is 2.11. The number of thioether (sulfide) groups is 1. The van der Waals surface area contributed by atoms with E-state index in [1.807, 2.05) is 0 Å².